The summed E-state index contributed by atoms with van der Waals surface area (Å²) in [4.78, 5) is 16.8. The molecule has 0 spiro atoms. The number of hydrogen-bond acceptors (Lipinski definition) is 5. The van der Waals surface area contributed by atoms with Gasteiger partial charge in [0, 0.05) is 23.3 Å². The Balaban J connectivity index is 1.48. The lowest BCUT2D eigenvalue weighted by atomic mass is 10.2. The molecule has 4 aromatic rings. The first-order valence-electron chi connectivity index (χ1n) is 9.80. The standard InChI is InChI=1S/C25H21NO4/c1-2-16-28-22-11-7-6-8-18(22)12-15-24(27)29-20-13-14-21-23(17-20)30-25(26-21)19-9-4-3-5-10-19/h3-15,17H,2,16H2,1H3/b15-12+. The lowest BCUT2D eigenvalue weighted by Gasteiger charge is -2.07. The number of ether oxygens (including phenoxy) is 2. The maximum atomic E-state index is 12.3. The van der Waals surface area contributed by atoms with E-state index in [1.165, 1.54) is 6.08 Å². The summed E-state index contributed by atoms with van der Waals surface area (Å²) in [5, 5.41) is 0. The van der Waals surface area contributed by atoms with E-state index in [1.54, 1.807) is 24.3 Å². The molecule has 0 fully saturated rings. The van der Waals surface area contributed by atoms with Gasteiger partial charge in [0.15, 0.2) is 5.58 Å². The summed E-state index contributed by atoms with van der Waals surface area (Å²) in [5.41, 5.74) is 2.97. The third kappa shape index (κ3) is 4.58. The number of nitrogens with zero attached hydrogens (tertiary/aromatic N) is 1. The van der Waals surface area contributed by atoms with Crippen LogP contribution in [0, 0.1) is 0 Å². The van der Waals surface area contributed by atoms with E-state index in [1.807, 2.05) is 61.5 Å². The van der Waals surface area contributed by atoms with Gasteiger partial charge in [-0.1, -0.05) is 43.3 Å². The number of fused-ring (bicyclic) bond motifs is 1. The number of esters is 1. The maximum Gasteiger partial charge on any atom is 0.336 e. The van der Waals surface area contributed by atoms with Gasteiger partial charge in [0.1, 0.15) is 17.0 Å². The summed E-state index contributed by atoms with van der Waals surface area (Å²) in [7, 11) is 0. The van der Waals surface area contributed by atoms with Crippen LogP contribution >= 0.6 is 0 Å². The van der Waals surface area contributed by atoms with Crippen molar-refractivity contribution in [3.8, 4) is 23.0 Å². The van der Waals surface area contributed by atoms with Crippen molar-refractivity contribution in [2.45, 2.75) is 13.3 Å². The molecule has 0 aliphatic carbocycles. The smallest absolute Gasteiger partial charge is 0.336 e. The summed E-state index contributed by atoms with van der Waals surface area (Å²) in [5.74, 6) is 1.17. The molecule has 0 radical (unpaired) electrons. The number of oxazole rings is 1. The fourth-order valence-electron chi connectivity index (χ4n) is 2.94. The summed E-state index contributed by atoms with van der Waals surface area (Å²) in [6.07, 6.45) is 3.98. The molecule has 0 unspecified atom stereocenters. The van der Waals surface area contributed by atoms with Crippen LogP contribution in [-0.4, -0.2) is 17.6 Å². The number of carbonyl (C=O) groups excluding carboxylic acids is 1. The van der Waals surface area contributed by atoms with Crippen molar-refractivity contribution in [3.63, 3.8) is 0 Å². The Morgan fingerprint density at radius 1 is 1.03 bits per heavy atom. The van der Waals surface area contributed by atoms with Crippen molar-refractivity contribution in [3.05, 3.63) is 84.4 Å². The SMILES string of the molecule is CCCOc1ccccc1/C=C/C(=O)Oc1ccc2nc(-c3ccccc3)oc2c1. The molecule has 0 N–H and O–H groups in total. The lowest BCUT2D eigenvalue weighted by molar-refractivity contribution is -0.128. The topological polar surface area (TPSA) is 61.6 Å². The number of rotatable bonds is 7. The number of hydrogen-bond donors (Lipinski definition) is 0. The molecule has 3 aromatic carbocycles. The van der Waals surface area contributed by atoms with E-state index in [0.717, 1.165) is 23.3 Å². The minimum Gasteiger partial charge on any atom is -0.493 e. The molecule has 0 saturated heterocycles. The molecule has 1 heterocycles. The van der Waals surface area contributed by atoms with Crippen LogP contribution < -0.4 is 9.47 Å². The molecular weight excluding hydrogens is 378 g/mol. The van der Waals surface area contributed by atoms with Gasteiger partial charge in [0.25, 0.3) is 0 Å². The quantitative estimate of drug-likeness (QED) is 0.220. The normalized spacial score (nSPS) is 11.1. The maximum absolute atomic E-state index is 12.3. The Morgan fingerprint density at radius 2 is 1.83 bits per heavy atom. The van der Waals surface area contributed by atoms with Crippen molar-refractivity contribution in [2.24, 2.45) is 0 Å². The van der Waals surface area contributed by atoms with Gasteiger partial charge in [-0.25, -0.2) is 9.78 Å². The van der Waals surface area contributed by atoms with Gasteiger partial charge in [-0.15, -0.1) is 0 Å². The molecule has 5 nitrogen and oxygen atoms in total. The Kier molecular flexibility index (Phi) is 5.90. The van der Waals surface area contributed by atoms with Crippen molar-refractivity contribution >= 4 is 23.1 Å². The van der Waals surface area contributed by atoms with Crippen LogP contribution in [0.4, 0.5) is 0 Å². The van der Waals surface area contributed by atoms with E-state index in [-0.39, 0.29) is 0 Å². The van der Waals surface area contributed by atoms with Crippen LogP contribution in [0.25, 0.3) is 28.6 Å². The zero-order chi connectivity index (χ0) is 20.8. The predicted molar refractivity (Wildman–Crippen MR) is 116 cm³/mol. The molecular formula is C25H21NO4. The lowest BCUT2D eigenvalue weighted by Crippen LogP contribution is -2.03. The van der Waals surface area contributed by atoms with Crippen molar-refractivity contribution < 1.29 is 18.7 Å². The Labute approximate surface area is 174 Å². The Morgan fingerprint density at radius 3 is 2.67 bits per heavy atom. The predicted octanol–water partition coefficient (Wildman–Crippen LogP) is 5.90. The zero-order valence-corrected chi connectivity index (χ0v) is 16.6. The Bertz CT molecular complexity index is 1180. The van der Waals surface area contributed by atoms with Gasteiger partial charge in [-0.05, 0) is 42.8 Å². The molecule has 0 amide bonds. The van der Waals surface area contributed by atoms with Crippen molar-refractivity contribution in [1.29, 1.82) is 0 Å². The highest BCUT2D eigenvalue weighted by Crippen LogP contribution is 2.27. The highest BCUT2D eigenvalue weighted by atomic mass is 16.5. The average Bonchev–Trinajstić information content (AvgIpc) is 3.21. The fraction of sp³-hybridized carbons (Fsp3) is 0.120. The minimum absolute atomic E-state index is 0.392. The van der Waals surface area contributed by atoms with E-state index < -0.39 is 5.97 Å². The zero-order valence-electron chi connectivity index (χ0n) is 16.6. The van der Waals surface area contributed by atoms with Crippen molar-refractivity contribution in [1.82, 2.24) is 4.98 Å². The first-order chi connectivity index (χ1) is 14.7. The van der Waals surface area contributed by atoms with Gasteiger partial charge in [0.2, 0.25) is 5.89 Å². The summed E-state index contributed by atoms with van der Waals surface area (Å²) < 4.78 is 16.9. The highest BCUT2D eigenvalue weighted by Gasteiger charge is 2.10. The number of carbonyl (C=O) groups is 1. The Hall–Kier alpha value is -3.86. The molecule has 1 aromatic heterocycles. The van der Waals surface area contributed by atoms with E-state index >= 15 is 0 Å². The van der Waals surface area contributed by atoms with E-state index in [4.69, 9.17) is 13.9 Å². The first-order valence-corrected chi connectivity index (χ1v) is 9.80. The second-order valence-electron chi connectivity index (χ2n) is 6.66. The number of benzene rings is 3. The molecule has 4 rings (SSSR count). The van der Waals surface area contributed by atoms with Gasteiger partial charge in [-0.2, -0.15) is 0 Å². The molecule has 0 atom stereocenters. The van der Waals surface area contributed by atoms with Crippen LogP contribution in [0.5, 0.6) is 11.5 Å². The van der Waals surface area contributed by atoms with E-state index in [9.17, 15) is 4.79 Å². The van der Waals surface area contributed by atoms with Gasteiger partial charge in [0.05, 0.1) is 6.61 Å². The second kappa shape index (κ2) is 9.09. The third-order valence-electron chi connectivity index (χ3n) is 4.38. The van der Waals surface area contributed by atoms with Gasteiger partial charge in [-0.3, -0.25) is 0 Å². The number of para-hydroxylation sites is 1. The van der Waals surface area contributed by atoms with Crippen LogP contribution in [0.3, 0.4) is 0 Å². The molecule has 5 heteroatoms. The van der Waals surface area contributed by atoms with Crippen LogP contribution in [0.2, 0.25) is 0 Å². The monoisotopic (exact) mass is 399 g/mol. The molecule has 0 bridgehead atoms. The van der Waals surface area contributed by atoms with Gasteiger partial charge < -0.3 is 13.9 Å². The highest BCUT2D eigenvalue weighted by molar-refractivity contribution is 5.89. The summed E-state index contributed by atoms with van der Waals surface area (Å²) in [6.45, 7) is 2.67. The molecule has 0 aliphatic rings. The number of aromatic nitrogens is 1. The largest absolute Gasteiger partial charge is 0.493 e. The molecule has 0 saturated carbocycles. The molecule has 0 aliphatic heterocycles. The van der Waals surface area contributed by atoms with Crippen LogP contribution in [0.15, 0.2) is 83.3 Å². The molecule has 150 valence electrons. The van der Waals surface area contributed by atoms with Crippen LogP contribution in [-0.2, 0) is 4.79 Å². The first kappa shape index (κ1) is 19.5. The van der Waals surface area contributed by atoms with Crippen LogP contribution in [0.1, 0.15) is 18.9 Å². The minimum atomic E-state index is -0.484. The average molecular weight is 399 g/mol. The third-order valence-corrected chi connectivity index (χ3v) is 4.38. The summed E-state index contributed by atoms with van der Waals surface area (Å²) in [6, 6.07) is 22.3. The summed E-state index contributed by atoms with van der Waals surface area (Å²) >= 11 is 0. The fourth-order valence-corrected chi connectivity index (χ4v) is 2.94. The van der Waals surface area contributed by atoms with E-state index in [0.29, 0.717) is 29.3 Å². The molecule has 30 heavy (non-hydrogen) atoms. The second-order valence-corrected chi connectivity index (χ2v) is 6.66. The van der Waals surface area contributed by atoms with Crippen molar-refractivity contribution in [2.75, 3.05) is 6.61 Å². The van der Waals surface area contributed by atoms with Gasteiger partial charge >= 0.3 is 5.97 Å². The van der Waals surface area contributed by atoms with E-state index in [2.05, 4.69) is 4.98 Å².